The van der Waals surface area contributed by atoms with E-state index in [1.807, 2.05) is 42.5 Å². The summed E-state index contributed by atoms with van der Waals surface area (Å²) >= 11 is 3.50. The molecule has 0 saturated heterocycles. The Bertz CT molecular complexity index is 1010. The first-order valence-electron chi connectivity index (χ1n) is 9.77. The van der Waals surface area contributed by atoms with Crippen molar-refractivity contribution < 1.29 is 9.63 Å². The zero-order valence-corrected chi connectivity index (χ0v) is 18.0. The Morgan fingerprint density at radius 1 is 1.03 bits per heavy atom. The van der Waals surface area contributed by atoms with Crippen LogP contribution < -0.4 is 10.6 Å². The predicted octanol–water partition coefficient (Wildman–Crippen LogP) is 4.30. The number of allylic oxidation sites excluding steroid dienone is 1. The highest BCUT2D eigenvalue weighted by Crippen LogP contribution is 2.40. The summed E-state index contributed by atoms with van der Waals surface area (Å²) in [4.78, 5) is 20.7. The van der Waals surface area contributed by atoms with Crippen molar-refractivity contribution in [3.05, 3.63) is 63.8 Å². The summed E-state index contributed by atoms with van der Waals surface area (Å²) in [6.45, 7) is 7.50. The Morgan fingerprint density at radius 3 is 2.59 bits per heavy atom. The minimum Gasteiger partial charge on any atom is -0.394 e. The number of hydrogen-bond acceptors (Lipinski definition) is 5. The van der Waals surface area contributed by atoms with Gasteiger partial charge in [0.2, 0.25) is 0 Å². The monoisotopic (exact) mass is 454 g/mol. The van der Waals surface area contributed by atoms with Crippen molar-refractivity contribution in [2.75, 3.05) is 36.9 Å². The van der Waals surface area contributed by atoms with E-state index in [2.05, 4.69) is 50.5 Å². The lowest BCUT2D eigenvalue weighted by Crippen LogP contribution is -2.26. The number of fused-ring (bicyclic) bond motifs is 2. The summed E-state index contributed by atoms with van der Waals surface area (Å²) < 4.78 is 0.912. The second kappa shape index (κ2) is 8.39. The highest BCUT2D eigenvalue weighted by molar-refractivity contribution is 9.10. The number of benzene rings is 2. The van der Waals surface area contributed by atoms with Gasteiger partial charge in [0.15, 0.2) is 0 Å². The molecule has 2 aliphatic heterocycles. The third-order valence-electron chi connectivity index (χ3n) is 5.20. The van der Waals surface area contributed by atoms with Crippen molar-refractivity contribution in [3.8, 4) is 0 Å². The molecule has 0 radical (unpaired) electrons. The smallest absolute Gasteiger partial charge is 0.258 e. The summed E-state index contributed by atoms with van der Waals surface area (Å²) in [6, 6.07) is 13.6. The lowest BCUT2D eigenvalue weighted by molar-refractivity contribution is -0.110. The maximum Gasteiger partial charge on any atom is 0.258 e. The number of nitrogens with one attached hydrogen (secondary N) is 2. The molecule has 6 nitrogen and oxygen atoms in total. The molecule has 1 amide bonds. The number of amides is 1. The normalized spacial score (nSPS) is 18.6. The van der Waals surface area contributed by atoms with Crippen LogP contribution >= 0.6 is 15.9 Å². The first-order chi connectivity index (χ1) is 14.1. The number of hydrogen-bond donors (Lipinski definition) is 2. The van der Waals surface area contributed by atoms with Crippen LogP contribution in [0.1, 0.15) is 25.0 Å². The number of likely N-dealkylation sites (N-methyl/N-ethyl adjacent to an activating group) is 1. The van der Waals surface area contributed by atoms with Crippen LogP contribution in [0, 0.1) is 0 Å². The van der Waals surface area contributed by atoms with Crippen LogP contribution in [0.5, 0.6) is 0 Å². The second-order valence-corrected chi connectivity index (χ2v) is 7.78. The third-order valence-corrected chi connectivity index (χ3v) is 5.70. The highest BCUT2D eigenvalue weighted by atomic mass is 79.9. The van der Waals surface area contributed by atoms with Gasteiger partial charge >= 0.3 is 0 Å². The molecule has 2 heterocycles. The molecule has 7 heteroatoms. The van der Waals surface area contributed by atoms with E-state index >= 15 is 0 Å². The van der Waals surface area contributed by atoms with Gasteiger partial charge in [-0.3, -0.25) is 4.79 Å². The van der Waals surface area contributed by atoms with Crippen LogP contribution in [0.15, 0.2) is 57.8 Å². The van der Waals surface area contributed by atoms with Crippen LogP contribution in [0.25, 0.3) is 5.57 Å². The minimum atomic E-state index is -0.149. The maximum absolute atomic E-state index is 12.8. The van der Waals surface area contributed by atoms with Gasteiger partial charge in [0, 0.05) is 33.5 Å². The van der Waals surface area contributed by atoms with Crippen molar-refractivity contribution in [1.82, 2.24) is 4.90 Å². The van der Waals surface area contributed by atoms with E-state index in [4.69, 9.17) is 4.84 Å². The molecule has 2 N–H and O–H groups in total. The van der Waals surface area contributed by atoms with Gasteiger partial charge in [0.1, 0.15) is 12.3 Å². The van der Waals surface area contributed by atoms with E-state index in [-0.39, 0.29) is 5.91 Å². The quantitative estimate of drug-likeness (QED) is 0.387. The minimum absolute atomic E-state index is 0.149. The number of halogens is 1. The molecule has 0 aromatic heterocycles. The average Bonchev–Trinajstić information content (AvgIpc) is 3.24. The fraction of sp³-hybridized carbons (Fsp3) is 0.273. The number of oxime groups is 1. The van der Waals surface area contributed by atoms with Crippen LogP contribution in [-0.2, 0) is 9.63 Å². The van der Waals surface area contributed by atoms with Gasteiger partial charge in [-0.05, 0) is 37.4 Å². The summed E-state index contributed by atoms with van der Waals surface area (Å²) in [6.07, 6.45) is 0. The molecule has 0 spiro atoms. The van der Waals surface area contributed by atoms with Crippen molar-refractivity contribution in [2.24, 2.45) is 5.16 Å². The SMILES string of the molecule is CCN(CC)CCO/N=C1/C(=C2/C(=O)Nc3ccc(Br)cc32)Nc2ccccc21. The molecule has 0 atom stereocenters. The van der Waals surface area contributed by atoms with Gasteiger partial charge in [0.05, 0.1) is 11.3 Å². The standard InChI is InChI=1S/C22H23BrN4O2/c1-3-27(4-2)11-12-29-26-20-15-7-5-6-8-17(15)24-21(20)19-16-13-14(23)9-10-18(16)25-22(19)28/h5-10,13,24H,3-4,11-12H2,1-2H3,(H,25,28)/b21-19-,26-20+. The summed E-state index contributed by atoms with van der Waals surface area (Å²) in [5.41, 5.74) is 5.37. The highest BCUT2D eigenvalue weighted by Gasteiger charge is 2.34. The third kappa shape index (κ3) is 3.80. The first-order valence-corrected chi connectivity index (χ1v) is 10.6. The number of carbonyl (C=O) groups is 1. The Balaban J connectivity index is 1.71. The van der Waals surface area contributed by atoms with Crippen molar-refractivity contribution >= 4 is 44.5 Å². The van der Waals surface area contributed by atoms with Gasteiger partial charge in [0.25, 0.3) is 5.91 Å². The first kappa shape index (κ1) is 19.7. The van der Waals surface area contributed by atoms with Crippen LogP contribution in [0.2, 0.25) is 0 Å². The largest absolute Gasteiger partial charge is 0.394 e. The van der Waals surface area contributed by atoms with E-state index in [0.717, 1.165) is 46.6 Å². The lowest BCUT2D eigenvalue weighted by Gasteiger charge is -2.16. The fourth-order valence-corrected chi connectivity index (χ4v) is 3.97. The number of nitrogens with zero attached hydrogens (tertiary/aromatic N) is 2. The van der Waals surface area contributed by atoms with Crippen LogP contribution in [0.3, 0.4) is 0 Å². The molecule has 2 aliphatic rings. The molecule has 150 valence electrons. The summed E-state index contributed by atoms with van der Waals surface area (Å²) in [7, 11) is 0. The average molecular weight is 455 g/mol. The van der Waals surface area contributed by atoms with Gasteiger partial charge in [-0.1, -0.05) is 53.1 Å². The Labute approximate surface area is 178 Å². The summed E-state index contributed by atoms with van der Waals surface area (Å²) in [5.74, 6) is -0.149. The lowest BCUT2D eigenvalue weighted by atomic mass is 10.0. The van der Waals surface area contributed by atoms with Gasteiger partial charge in [-0.15, -0.1) is 0 Å². The van der Waals surface area contributed by atoms with E-state index in [1.165, 1.54) is 0 Å². The molecular formula is C22H23BrN4O2. The molecule has 2 aromatic rings. The van der Waals surface area contributed by atoms with E-state index in [0.29, 0.717) is 23.6 Å². The fourth-order valence-electron chi connectivity index (χ4n) is 3.61. The van der Waals surface area contributed by atoms with E-state index < -0.39 is 0 Å². The van der Waals surface area contributed by atoms with E-state index in [1.54, 1.807) is 0 Å². The van der Waals surface area contributed by atoms with Crippen molar-refractivity contribution in [1.29, 1.82) is 0 Å². The Hall–Kier alpha value is -2.64. The maximum atomic E-state index is 12.8. The zero-order valence-electron chi connectivity index (χ0n) is 16.5. The molecule has 0 aliphatic carbocycles. The Kier molecular flexibility index (Phi) is 5.69. The molecule has 0 bridgehead atoms. The molecule has 0 fully saturated rings. The topological polar surface area (TPSA) is 66.0 Å². The Morgan fingerprint density at radius 2 is 1.79 bits per heavy atom. The second-order valence-electron chi connectivity index (χ2n) is 6.86. The molecule has 2 aromatic carbocycles. The van der Waals surface area contributed by atoms with Crippen molar-refractivity contribution in [2.45, 2.75) is 13.8 Å². The molecule has 29 heavy (non-hydrogen) atoms. The van der Waals surface area contributed by atoms with Crippen LogP contribution in [-0.4, -0.2) is 42.8 Å². The van der Waals surface area contributed by atoms with Gasteiger partial charge in [-0.2, -0.15) is 0 Å². The number of rotatable bonds is 6. The molecule has 4 rings (SSSR count). The van der Waals surface area contributed by atoms with Gasteiger partial charge in [-0.25, -0.2) is 0 Å². The van der Waals surface area contributed by atoms with Crippen molar-refractivity contribution in [3.63, 3.8) is 0 Å². The zero-order chi connectivity index (χ0) is 20.4. The summed E-state index contributed by atoms with van der Waals surface area (Å²) in [5, 5.41) is 10.7. The number of para-hydroxylation sites is 1. The van der Waals surface area contributed by atoms with Gasteiger partial charge < -0.3 is 20.4 Å². The number of anilines is 2. The predicted molar refractivity (Wildman–Crippen MR) is 120 cm³/mol. The van der Waals surface area contributed by atoms with E-state index in [9.17, 15) is 4.79 Å². The molecule has 0 saturated carbocycles. The van der Waals surface area contributed by atoms with Crippen LogP contribution in [0.4, 0.5) is 11.4 Å². The molecule has 0 unspecified atom stereocenters. The molecular weight excluding hydrogens is 432 g/mol. The number of carbonyl (C=O) groups excluding carboxylic acids is 1.